The maximum absolute atomic E-state index is 13.1. The fourth-order valence-corrected chi connectivity index (χ4v) is 2.61. The number of hydrogen-bond acceptors (Lipinski definition) is 3. The van der Waals surface area contributed by atoms with E-state index in [-0.39, 0.29) is 11.9 Å². The number of halogens is 1. The van der Waals surface area contributed by atoms with Gasteiger partial charge in [-0.2, -0.15) is 0 Å². The lowest BCUT2D eigenvalue weighted by Crippen LogP contribution is -2.36. The zero-order valence-electron chi connectivity index (χ0n) is 10.0. The summed E-state index contributed by atoms with van der Waals surface area (Å²) in [5.74, 6) is 0.225. The van der Waals surface area contributed by atoms with Crippen molar-refractivity contribution in [2.75, 3.05) is 0 Å². The van der Waals surface area contributed by atoms with Crippen LogP contribution < -0.4 is 5.73 Å². The normalized spacial score (nSPS) is 28.7. The molecule has 3 N–H and O–H groups in total. The number of furan rings is 1. The van der Waals surface area contributed by atoms with Crippen molar-refractivity contribution in [2.24, 2.45) is 5.73 Å². The Bertz CT molecular complexity index is 570. The lowest BCUT2D eigenvalue weighted by Gasteiger charge is -2.32. The number of nitrogens with two attached hydrogens (primary N) is 1. The van der Waals surface area contributed by atoms with Gasteiger partial charge < -0.3 is 15.3 Å². The average Bonchev–Trinajstić information content (AvgIpc) is 2.77. The maximum atomic E-state index is 13.1. The third-order valence-corrected chi connectivity index (χ3v) is 3.79. The van der Waals surface area contributed by atoms with E-state index in [1.165, 1.54) is 12.1 Å². The largest absolute Gasteiger partial charge is 0.458 e. The Morgan fingerprint density at radius 3 is 2.72 bits per heavy atom. The molecule has 0 radical (unpaired) electrons. The monoisotopic (exact) mass is 249 g/mol. The predicted octanol–water partition coefficient (Wildman–Crippen LogP) is 2.66. The van der Waals surface area contributed by atoms with Gasteiger partial charge in [-0.1, -0.05) is 0 Å². The lowest BCUT2D eigenvalue weighted by atomic mass is 9.81. The molecule has 2 aromatic rings. The van der Waals surface area contributed by atoms with Crippen LogP contribution in [0.5, 0.6) is 0 Å². The Balaban J connectivity index is 1.98. The first-order valence-electron chi connectivity index (χ1n) is 6.24. The molecule has 0 saturated heterocycles. The zero-order chi connectivity index (χ0) is 12.8. The van der Waals surface area contributed by atoms with Crippen LogP contribution in [-0.2, 0) is 5.60 Å². The second-order valence-electron chi connectivity index (χ2n) is 5.16. The van der Waals surface area contributed by atoms with E-state index >= 15 is 0 Å². The van der Waals surface area contributed by atoms with E-state index in [1.54, 1.807) is 12.1 Å². The highest BCUT2D eigenvalue weighted by Crippen LogP contribution is 2.39. The number of aliphatic hydroxyl groups is 1. The summed E-state index contributed by atoms with van der Waals surface area (Å²) in [5, 5.41) is 11.3. The summed E-state index contributed by atoms with van der Waals surface area (Å²) >= 11 is 0. The third kappa shape index (κ3) is 1.91. The number of hydrogen-bond donors (Lipinski definition) is 2. The van der Waals surface area contributed by atoms with E-state index in [0.717, 1.165) is 12.8 Å². The van der Waals surface area contributed by atoms with E-state index in [1.807, 2.05) is 0 Å². The first-order chi connectivity index (χ1) is 8.57. The van der Waals surface area contributed by atoms with E-state index in [2.05, 4.69) is 0 Å². The molecule has 1 heterocycles. The van der Waals surface area contributed by atoms with Crippen LogP contribution in [0.4, 0.5) is 4.39 Å². The molecule has 18 heavy (non-hydrogen) atoms. The molecule has 1 aliphatic rings. The Hall–Kier alpha value is -1.39. The fourth-order valence-electron chi connectivity index (χ4n) is 2.61. The van der Waals surface area contributed by atoms with Crippen molar-refractivity contribution in [1.82, 2.24) is 0 Å². The van der Waals surface area contributed by atoms with Gasteiger partial charge in [0.25, 0.3) is 0 Å². The Morgan fingerprint density at radius 2 is 2.00 bits per heavy atom. The van der Waals surface area contributed by atoms with Crippen LogP contribution in [0.1, 0.15) is 31.4 Å². The fraction of sp³-hybridized carbons (Fsp3) is 0.429. The van der Waals surface area contributed by atoms with E-state index in [0.29, 0.717) is 29.6 Å². The highest BCUT2D eigenvalue weighted by Gasteiger charge is 2.36. The van der Waals surface area contributed by atoms with E-state index in [4.69, 9.17) is 10.2 Å². The van der Waals surface area contributed by atoms with Crippen LogP contribution in [-0.4, -0.2) is 11.1 Å². The quantitative estimate of drug-likeness (QED) is 0.816. The zero-order valence-corrected chi connectivity index (χ0v) is 10.0. The van der Waals surface area contributed by atoms with Crippen molar-refractivity contribution >= 4 is 11.0 Å². The Labute approximate surface area is 104 Å². The summed E-state index contributed by atoms with van der Waals surface area (Å²) < 4.78 is 18.8. The van der Waals surface area contributed by atoms with Gasteiger partial charge in [-0.3, -0.25) is 0 Å². The van der Waals surface area contributed by atoms with Gasteiger partial charge in [0.1, 0.15) is 22.8 Å². The highest BCUT2D eigenvalue weighted by atomic mass is 19.1. The SMILES string of the molecule is NC1CCC(O)(c2cc3cc(F)ccc3o2)CC1. The molecule has 1 fully saturated rings. The minimum Gasteiger partial charge on any atom is -0.458 e. The lowest BCUT2D eigenvalue weighted by molar-refractivity contribution is -0.0225. The molecule has 0 amide bonds. The molecule has 0 aliphatic heterocycles. The van der Waals surface area contributed by atoms with Gasteiger partial charge in [0.05, 0.1) is 0 Å². The molecular formula is C14H16FNO2. The van der Waals surface area contributed by atoms with Crippen molar-refractivity contribution in [1.29, 1.82) is 0 Å². The highest BCUT2D eigenvalue weighted by molar-refractivity contribution is 5.78. The summed E-state index contributed by atoms with van der Waals surface area (Å²) in [5.41, 5.74) is 5.49. The summed E-state index contributed by atoms with van der Waals surface area (Å²) in [4.78, 5) is 0. The molecule has 0 atom stereocenters. The van der Waals surface area contributed by atoms with Crippen LogP contribution >= 0.6 is 0 Å². The molecule has 1 aromatic carbocycles. The van der Waals surface area contributed by atoms with Gasteiger partial charge in [0.2, 0.25) is 0 Å². The van der Waals surface area contributed by atoms with E-state index in [9.17, 15) is 9.50 Å². The van der Waals surface area contributed by atoms with Gasteiger partial charge in [-0.05, 0) is 49.9 Å². The molecule has 1 saturated carbocycles. The molecule has 0 unspecified atom stereocenters. The maximum Gasteiger partial charge on any atom is 0.136 e. The molecule has 3 rings (SSSR count). The number of fused-ring (bicyclic) bond motifs is 1. The summed E-state index contributed by atoms with van der Waals surface area (Å²) in [6, 6.07) is 6.25. The van der Waals surface area contributed by atoms with Crippen LogP contribution in [0.15, 0.2) is 28.7 Å². The average molecular weight is 249 g/mol. The standard InChI is InChI=1S/C14H16FNO2/c15-10-1-2-12-9(7-10)8-13(18-12)14(17)5-3-11(16)4-6-14/h1-2,7-8,11,17H,3-6,16H2. The molecule has 4 heteroatoms. The first-order valence-corrected chi connectivity index (χ1v) is 6.24. The minimum absolute atomic E-state index is 0.159. The smallest absolute Gasteiger partial charge is 0.136 e. The van der Waals surface area contributed by atoms with Crippen molar-refractivity contribution in [3.63, 3.8) is 0 Å². The van der Waals surface area contributed by atoms with Crippen molar-refractivity contribution in [3.05, 3.63) is 35.8 Å². The van der Waals surface area contributed by atoms with Crippen LogP contribution in [0.25, 0.3) is 11.0 Å². The van der Waals surface area contributed by atoms with Crippen molar-refractivity contribution < 1.29 is 13.9 Å². The molecule has 3 nitrogen and oxygen atoms in total. The second-order valence-corrected chi connectivity index (χ2v) is 5.16. The number of rotatable bonds is 1. The predicted molar refractivity (Wildman–Crippen MR) is 66.5 cm³/mol. The van der Waals surface area contributed by atoms with Gasteiger partial charge in [0, 0.05) is 11.4 Å². The Morgan fingerprint density at radius 1 is 1.28 bits per heavy atom. The number of benzene rings is 1. The molecule has 0 spiro atoms. The minimum atomic E-state index is -0.953. The summed E-state index contributed by atoms with van der Waals surface area (Å²) in [6.07, 6.45) is 2.75. The van der Waals surface area contributed by atoms with Crippen LogP contribution in [0, 0.1) is 5.82 Å². The second kappa shape index (κ2) is 4.07. The van der Waals surface area contributed by atoms with Crippen LogP contribution in [0.2, 0.25) is 0 Å². The topological polar surface area (TPSA) is 59.4 Å². The third-order valence-electron chi connectivity index (χ3n) is 3.79. The molecular weight excluding hydrogens is 233 g/mol. The molecule has 1 aliphatic carbocycles. The van der Waals surface area contributed by atoms with Crippen molar-refractivity contribution in [3.8, 4) is 0 Å². The van der Waals surface area contributed by atoms with Gasteiger partial charge in [0.15, 0.2) is 0 Å². The molecule has 0 bridgehead atoms. The van der Waals surface area contributed by atoms with Gasteiger partial charge >= 0.3 is 0 Å². The molecule has 96 valence electrons. The van der Waals surface area contributed by atoms with Gasteiger partial charge in [-0.25, -0.2) is 4.39 Å². The molecule has 1 aromatic heterocycles. The van der Waals surface area contributed by atoms with Crippen molar-refractivity contribution in [2.45, 2.75) is 37.3 Å². The van der Waals surface area contributed by atoms with E-state index < -0.39 is 5.60 Å². The first kappa shape index (κ1) is 11.7. The summed E-state index contributed by atoms with van der Waals surface area (Å²) in [7, 11) is 0. The Kier molecular flexibility index (Phi) is 2.64. The van der Waals surface area contributed by atoms with Crippen LogP contribution in [0.3, 0.4) is 0 Å². The summed E-state index contributed by atoms with van der Waals surface area (Å²) in [6.45, 7) is 0. The van der Waals surface area contributed by atoms with Gasteiger partial charge in [-0.15, -0.1) is 0 Å².